The lowest BCUT2D eigenvalue weighted by molar-refractivity contribution is -0.869. The molecule has 12 heavy (non-hydrogen) atoms. The van der Waals surface area contributed by atoms with Crippen molar-refractivity contribution in [2.75, 3.05) is 34.3 Å². The standard InChI is InChI=1S/C8H18NO2.HI/c1-5-11-8(10)6-7-9(2,3)4;/h5-7H2,1-4H3;1H/q+1;/p-1. The number of quaternary nitrogens is 1. The average molecular weight is 287 g/mol. The third-order valence-electron chi connectivity index (χ3n) is 1.29. The Balaban J connectivity index is 0. The van der Waals surface area contributed by atoms with Gasteiger partial charge in [0, 0.05) is 0 Å². The zero-order chi connectivity index (χ0) is 8.91. The van der Waals surface area contributed by atoms with Crippen molar-refractivity contribution in [3.63, 3.8) is 0 Å². The van der Waals surface area contributed by atoms with Gasteiger partial charge in [0.25, 0.3) is 0 Å². The first-order valence-electron chi connectivity index (χ1n) is 3.92. The molecule has 0 amide bonds. The summed E-state index contributed by atoms with van der Waals surface area (Å²) in [5.74, 6) is -0.0967. The number of carbonyl (C=O) groups is 1. The molecular weight excluding hydrogens is 269 g/mol. The Hall–Kier alpha value is 0.160. The van der Waals surface area contributed by atoms with Crippen LogP contribution in [0.2, 0.25) is 0 Å². The first-order chi connectivity index (χ1) is 4.95. The Morgan fingerprint density at radius 2 is 1.83 bits per heavy atom. The number of rotatable bonds is 4. The molecule has 0 saturated carbocycles. The lowest BCUT2D eigenvalue weighted by Crippen LogP contribution is -3.00. The molecule has 0 fully saturated rings. The van der Waals surface area contributed by atoms with E-state index in [1.165, 1.54) is 0 Å². The maximum atomic E-state index is 10.9. The minimum atomic E-state index is -0.0967. The van der Waals surface area contributed by atoms with Gasteiger partial charge in [0.2, 0.25) is 0 Å². The van der Waals surface area contributed by atoms with E-state index < -0.39 is 0 Å². The van der Waals surface area contributed by atoms with Crippen LogP contribution in [0.15, 0.2) is 0 Å². The van der Waals surface area contributed by atoms with E-state index in [-0.39, 0.29) is 29.9 Å². The quantitative estimate of drug-likeness (QED) is 0.329. The van der Waals surface area contributed by atoms with Crippen LogP contribution in [0.1, 0.15) is 13.3 Å². The lowest BCUT2D eigenvalue weighted by Gasteiger charge is -2.22. The first kappa shape index (κ1) is 14.7. The molecule has 0 atom stereocenters. The van der Waals surface area contributed by atoms with Crippen molar-refractivity contribution in [2.24, 2.45) is 0 Å². The van der Waals surface area contributed by atoms with Gasteiger partial charge < -0.3 is 33.2 Å². The summed E-state index contributed by atoms with van der Waals surface area (Å²) in [4.78, 5) is 10.9. The summed E-state index contributed by atoms with van der Waals surface area (Å²) in [5.41, 5.74) is 0. The van der Waals surface area contributed by atoms with Crippen LogP contribution in [0.4, 0.5) is 0 Å². The third-order valence-corrected chi connectivity index (χ3v) is 1.29. The summed E-state index contributed by atoms with van der Waals surface area (Å²) in [5, 5.41) is 0. The van der Waals surface area contributed by atoms with Crippen LogP contribution in [0.3, 0.4) is 0 Å². The van der Waals surface area contributed by atoms with Crippen LogP contribution in [0.25, 0.3) is 0 Å². The summed E-state index contributed by atoms with van der Waals surface area (Å²) >= 11 is 0. The van der Waals surface area contributed by atoms with Gasteiger partial charge in [0.1, 0.15) is 0 Å². The molecule has 74 valence electrons. The Kier molecular flexibility index (Phi) is 8.13. The fraction of sp³-hybridized carbons (Fsp3) is 0.875. The molecule has 0 spiro atoms. The molecule has 0 aliphatic carbocycles. The molecule has 0 unspecified atom stereocenters. The Labute approximate surface area is 91.7 Å². The molecule has 0 N–H and O–H groups in total. The van der Waals surface area contributed by atoms with E-state index in [4.69, 9.17) is 4.74 Å². The van der Waals surface area contributed by atoms with Crippen molar-refractivity contribution in [1.29, 1.82) is 0 Å². The predicted octanol–water partition coefficient (Wildman–Crippen LogP) is -2.35. The Morgan fingerprint density at radius 3 is 2.17 bits per heavy atom. The van der Waals surface area contributed by atoms with Gasteiger partial charge in [0.05, 0.1) is 40.7 Å². The van der Waals surface area contributed by atoms with Crippen LogP contribution in [-0.4, -0.2) is 44.7 Å². The second-order valence-electron chi connectivity index (χ2n) is 3.57. The van der Waals surface area contributed by atoms with E-state index in [1.54, 1.807) is 0 Å². The van der Waals surface area contributed by atoms with Crippen molar-refractivity contribution in [1.82, 2.24) is 0 Å². The van der Waals surface area contributed by atoms with Crippen LogP contribution in [-0.2, 0) is 9.53 Å². The minimum Gasteiger partial charge on any atom is -1.00 e. The van der Waals surface area contributed by atoms with Gasteiger partial charge in [-0.05, 0) is 6.92 Å². The molecule has 0 aromatic rings. The topological polar surface area (TPSA) is 26.3 Å². The molecule has 0 bridgehead atoms. The van der Waals surface area contributed by atoms with Gasteiger partial charge in [-0.3, -0.25) is 4.79 Å². The van der Waals surface area contributed by atoms with Crippen LogP contribution < -0.4 is 24.0 Å². The number of ether oxygens (including phenoxy) is 1. The molecule has 0 saturated heterocycles. The summed E-state index contributed by atoms with van der Waals surface area (Å²) in [6, 6.07) is 0. The van der Waals surface area contributed by atoms with E-state index in [0.717, 1.165) is 11.0 Å². The van der Waals surface area contributed by atoms with E-state index in [2.05, 4.69) is 21.1 Å². The van der Waals surface area contributed by atoms with Crippen LogP contribution in [0, 0.1) is 0 Å². The normalized spacial score (nSPS) is 10.3. The van der Waals surface area contributed by atoms with E-state index in [1.807, 2.05) is 6.92 Å². The molecule has 0 rings (SSSR count). The number of hydrogen-bond acceptors (Lipinski definition) is 2. The zero-order valence-corrected chi connectivity index (χ0v) is 10.4. The van der Waals surface area contributed by atoms with Gasteiger partial charge in [-0.1, -0.05) is 0 Å². The molecule has 4 heteroatoms. The van der Waals surface area contributed by atoms with Gasteiger partial charge in [-0.2, -0.15) is 0 Å². The number of nitrogens with zero attached hydrogens (tertiary/aromatic N) is 1. The number of halogens is 1. The summed E-state index contributed by atoms with van der Waals surface area (Å²) < 4.78 is 5.59. The number of carbonyl (C=O) groups excluding carboxylic acids is 1. The van der Waals surface area contributed by atoms with E-state index in [0.29, 0.717) is 13.0 Å². The molecule has 0 aromatic carbocycles. The molecule has 0 aliphatic heterocycles. The largest absolute Gasteiger partial charge is 1.00 e. The highest BCUT2D eigenvalue weighted by Gasteiger charge is 2.10. The highest BCUT2D eigenvalue weighted by Crippen LogP contribution is 1.94. The highest BCUT2D eigenvalue weighted by atomic mass is 127. The maximum absolute atomic E-state index is 10.9. The average Bonchev–Trinajstić information content (AvgIpc) is 1.83. The van der Waals surface area contributed by atoms with Gasteiger partial charge in [0.15, 0.2) is 0 Å². The molecular formula is C8H18INO2. The fourth-order valence-electron chi connectivity index (χ4n) is 0.660. The van der Waals surface area contributed by atoms with Crippen molar-refractivity contribution < 1.29 is 38.0 Å². The second kappa shape index (κ2) is 6.65. The van der Waals surface area contributed by atoms with Gasteiger partial charge in [-0.15, -0.1) is 0 Å². The second-order valence-corrected chi connectivity index (χ2v) is 3.57. The molecule has 0 heterocycles. The summed E-state index contributed by atoms with van der Waals surface area (Å²) in [7, 11) is 6.16. The molecule has 0 aliphatic rings. The number of hydrogen-bond donors (Lipinski definition) is 0. The van der Waals surface area contributed by atoms with Gasteiger partial charge >= 0.3 is 5.97 Å². The van der Waals surface area contributed by atoms with Crippen LogP contribution >= 0.6 is 0 Å². The monoisotopic (exact) mass is 287 g/mol. The predicted molar refractivity (Wildman–Crippen MR) is 44.1 cm³/mol. The van der Waals surface area contributed by atoms with E-state index in [9.17, 15) is 4.79 Å². The fourth-order valence-corrected chi connectivity index (χ4v) is 0.660. The lowest BCUT2D eigenvalue weighted by atomic mass is 10.4. The molecule has 0 aromatic heterocycles. The maximum Gasteiger partial charge on any atom is 0.311 e. The van der Waals surface area contributed by atoms with Crippen molar-refractivity contribution in [3.05, 3.63) is 0 Å². The smallest absolute Gasteiger partial charge is 0.311 e. The Bertz CT molecular complexity index is 132. The zero-order valence-electron chi connectivity index (χ0n) is 8.26. The molecule has 0 radical (unpaired) electrons. The summed E-state index contributed by atoms with van der Waals surface area (Å²) in [6.07, 6.45) is 0.511. The molecule has 3 nitrogen and oxygen atoms in total. The SMILES string of the molecule is CCOC(=O)CC[N+](C)(C)C.[I-]. The first-order valence-corrected chi connectivity index (χ1v) is 3.92. The third kappa shape index (κ3) is 10.2. The highest BCUT2D eigenvalue weighted by molar-refractivity contribution is 5.69. The summed E-state index contributed by atoms with van der Waals surface area (Å²) in [6.45, 7) is 3.14. The minimum absolute atomic E-state index is 0. The van der Waals surface area contributed by atoms with Crippen molar-refractivity contribution in [3.8, 4) is 0 Å². The van der Waals surface area contributed by atoms with Crippen molar-refractivity contribution in [2.45, 2.75) is 13.3 Å². The Morgan fingerprint density at radius 1 is 1.33 bits per heavy atom. The number of esters is 1. The van der Waals surface area contributed by atoms with Crippen molar-refractivity contribution >= 4 is 5.97 Å². The van der Waals surface area contributed by atoms with E-state index >= 15 is 0 Å². The van der Waals surface area contributed by atoms with Gasteiger partial charge in [-0.25, -0.2) is 0 Å². The van der Waals surface area contributed by atoms with Crippen LogP contribution in [0.5, 0.6) is 0 Å².